The second-order valence-corrected chi connectivity index (χ2v) is 9.99. The number of nitrogens with two attached hydrogens (primary N) is 2. The van der Waals surface area contributed by atoms with Crippen LogP contribution in [0.25, 0.3) is 11.3 Å². The molecule has 1 saturated heterocycles. The first-order valence-corrected chi connectivity index (χ1v) is 12.0. The molecule has 0 saturated carbocycles. The Morgan fingerprint density at radius 2 is 1.97 bits per heavy atom. The summed E-state index contributed by atoms with van der Waals surface area (Å²) in [5.74, 6) is 0.985. The van der Waals surface area contributed by atoms with Crippen LogP contribution in [0.15, 0.2) is 52.6 Å². The smallest absolute Gasteiger partial charge is 0.206 e. The topological polar surface area (TPSA) is 146 Å². The molecule has 1 aliphatic carbocycles. The molecule has 2 aliphatic rings. The van der Waals surface area contributed by atoms with E-state index >= 15 is 0 Å². The summed E-state index contributed by atoms with van der Waals surface area (Å²) in [6.07, 6.45) is 6.33. The molecule has 5 N–H and O–H groups in total. The molecule has 34 heavy (non-hydrogen) atoms. The number of rotatable bonds is 3. The quantitative estimate of drug-likeness (QED) is 0.411. The SMILES string of the molecule is N#Cc1c(Sc2cnc3[nH]c(N4CCC5(CC4)Cc4ccccc4[C@H]5N)nc3n2)ccnc1N. The van der Waals surface area contributed by atoms with Crippen molar-refractivity contribution in [2.75, 3.05) is 23.7 Å². The molecule has 4 aromatic rings. The van der Waals surface area contributed by atoms with E-state index in [1.807, 2.05) is 0 Å². The molecule has 0 unspecified atom stereocenters. The molecule has 6 rings (SSSR count). The Bertz CT molecular complexity index is 1430. The first-order valence-electron chi connectivity index (χ1n) is 11.2. The van der Waals surface area contributed by atoms with Gasteiger partial charge in [0.2, 0.25) is 5.95 Å². The lowest BCUT2D eigenvalue weighted by atomic mass is 9.73. The zero-order chi connectivity index (χ0) is 23.3. The Morgan fingerprint density at radius 3 is 2.76 bits per heavy atom. The van der Waals surface area contributed by atoms with E-state index in [4.69, 9.17) is 16.5 Å². The summed E-state index contributed by atoms with van der Waals surface area (Å²) >= 11 is 1.32. The summed E-state index contributed by atoms with van der Waals surface area (Å²) in [4.78, 5) is 24.1. The summed E-state index contributed by atoms with van der Waals surface area (Å²) < 4.78 is 0. The molecule has 1 aliphatic heterocycles. The monoisotopic (exact) mass is 469 g/mol. The number of imidazole rings is 1. The number of aromatic nitrogens is 5. The van der Waals surface area contributed by atoms with E-state index in [0.717, 1.165) is 38.3 Å². The number of H-pyrrole nitrogens is 1. The minimum Gasteiger partial charge on any atom is -0.383 e. The van der Waals surface area contributed by atoms with Crippen molar-refractivity contribution < 1.29 is 0 Å². The summed E-state index contributed by atoms with van der Waals surface area (Å²) in [5.41, 5.74) is 16.9. The first kappa shape index (κ1) is 20.9. The van der Waals surface area contributed by atoms with E-state index in [-0.39, 0.29) is 17.3 Å². The summed E-state index contributed by atoms with van der Waals surface area (Å²) in [7, 11) is 0. The van der Waals surface area contributed by atoms with Crippen LogP contribution in [0.3, 0.4) is 0 Å². The van der Waals surface area contributed by atoms with Crippen LogP contribution in [0, 0.1) is 16.7 Å². The van der Waals surface area contributed by atoms with Gasteiger partial charge >= 0.3 is 0 Å². The summed E-state index contributed by atoms with van der Waals surface area (Å²) in [6.45, 7) is 1.76. The molecule has 0 bridgehead atoms. The van der Waals surface area contributed by atoms with Gasteiger partial charge in [-0.05, 0) is 41.9 Å². The normalized spacial score (nSPS) is 18.8. The molecular weight excluding hydrogens is 446 g/mol. The van der Waals surface area contributed by atoms with Crippen molar-refractivity contribution in [2.45, 2.75) is 35.2 Å². The first-order chi connectivity index (χ1) is 16.6. The lowest BCUT2D eigenvalue weighted by Crippen LogP contribution is -2.44. The van der Waals surface area contributed by atoms with Gasteiger partial charge in [0, 0.05) is 30.2 Å². The highest BCUT2D eigenvalue weighted by atomic mass is 32.2. The number of pyridine rings is 1. The van der Waals surface area contributed by atoms with Crippen LogP contribution in [-0.2, 0) is 6.42 Å². The number of benzene rings is 1. The standard InChI is InChI=1S/C24H23N9S/c25-12-16-17(5-8-28-20(16)27)34-18-13-29-21-22(30-18)32-23(31-21)33-9-6-24(7-10-33)11-14-3-1-2-4-15(14)19(24)26/h1-5,8,13,19H,6-7,9-11,26H2,(H2,27,28)(H,29,30,31,32)/t19-/m1/s1. The lowest BCUT2D eigenvalue weighted by Gasteiger charge is -2.42. The van der Waals surface area contributed by atoms with E-state index in [0.29, 0.717) is 26.8 Å². The van der Waals surface area contributed by atoms with Crippen LogP contribution < -0.4 is 16.4 Å². The highest BCUT2D eigenvalue weighted by Crippen LogP contribution is 2.50. The minimum atomic E-state index is 0.0879. The van der Waals surface area contributed by atoms with Crippen molar-refractivity contribution >= 4 is 34.8 Å². The number of nitrogen functional groups attached to an aromatic ring is 1. The van der Waals surface area contributed by atoms with Gasteiger partial charge in [0.15, 0.2) is 11.3 Å². The molecule has 1 spiro atoms. The van der Waals surface area contributed by atoms with Gasteiger partial charge in [0.25, 0.3) is 0 Å². The zero-order valence-electron chi connectivity index (χ0n) is 18.4. The molecular formula is C24H23N9S. The third-order valence-electron chi connectivity index (χ3n) is 7.09. The Kier molecular flexibility index (Phi) is 4.90. The number of nitrogens with one attached hydrogen (secondary N) is 1. The molecule has 0 amide bonds. The third kappa shape index (κ3) is 3.36. The maximum absolute atomic E-state index is 9.39. The maximum atomic E-state index is 9.39. The number of nitrogens with zero attached hydrogens (tertiary/aromatic N) is 6. The fourth-order valence-electron chi connectivity index (χ4n) is 5.20. The second kappa shape index (κ2) is 7.97. The molecule has 1 atom stereocenters. The average molecular weight is 470 g/mol. The van der Waals surface area contributed by atoms with E-state index in [1.165, 1.54) is 22.9 Å². The fourth-order valence-corrected chi connectivity index (χ4v) is 6.05. The van der Waals surface area contributed by atoms with Gasteiger partial charge in [-0.2, -0.15) is 10.2 Å². The largest absolute Gasteiger partial charge is 0.383 e. The predicted octanol–water partition coefficient (Wildman–Crippen LogP) is 3.20. The number of hydrogen-bond acceptors (Lipinski definition) is 9. The number of anilines is 2. The predicted molar refractivity (Wildman–Crippen MR) is 130 cm³/mol. The fraction of sp³-hybridized carbons (Fsp3) is 0.292. The third-order valence-corrected chi connectivity index (χ3v) is 8.06. The van der Waals surface area contributed by atoms with Gasteiger partial charge in [-0.25, -0.2) is 15.0 Å². The molecule has 0 radical (unpaired) electrons. The van der Waals surface area contributed by atoms with E-state index in [1.54, 1.807) is 18.5 Å². The van der Waals surface area contributed by atoms with Crippen molar-refractivity contribution in [3.05, 3.63) is 59.4 Å². The lowest BCUT2D eigenvalue weighted by molar-refractivity contribution is 0.187. The van der Waals surface area contributed by atoms with Crippen molar-refractivity contribution in [3.63, 3.8) is 0 Å². The van der Waals surface area contributed by atoms with Crippen LogP contribution in [0.4, 0.5) is 11.8 Å². The highest BCUT2D eigenvalue weighted by molar-refractivity contribution is 7.99. The van der Waals surface area contributed by atoms with Crippen LogP contribution in [0.1, 0.15) is 35.6 Å². The summed E-state index contributed by atoms with van der Waals surface area (Å²) in [5, 5.41) is 10.0. The Morgan fingerprint density at radius 1 is 1.15 bits per heavy atom. The van der Waals surface area contributed by atoms with Crippen molar-refractivity contribution in [1.29, 1.82) is 5.26 Å². The van der Waals surface area contributed by atoms with E-state index < -0.39 is 0 Å². The van der Waals surface area contributed by atoms with Gasteiger partial charge in [-0.3, -0.25) is 0 Å². The van der Waals surface area contributed by atoms with Crippen LogP contribution in [0.5, 0.6) is 0 Å². The van der Waals surface area contributed by atoms with Gasteiger partial charge in [-0.15, -0.1) is 0 Å². The number of nitriles is 1. The van der Waals surface area contributed by atoms with Crippen molar-refractivity contribution in [1.82, 2.24) is 24.9 Å². The molecule has 4 heterocycles. The Hall–Kier alpha value is -3.68. The number of fused-ring (bicyclic) bond motifs is 2. The van der Waals surface area contributed by atoms with Crippen LogP contribution in [0.2, 0.25) is 0 Å². The number of aromatic amines is 1. The van der Waals surface area contributed by atoms with Crippen molar-refractivity contribution in [2.24, 2.45) is 11.1 Å². The molecule has 170 valence electrons. The Balaban J connectivity index is 1.20. The van der Waals surface area contributed by atoms with E-state index in [9.17, 15) is 5.26 Å². The highest BCUT2D eigenvalue weighted by Gasteiger charge is 2.46. The minimum absolute atomic E-state index is 0.0879. The van der Waals surface area contributed by atoms with E-state index in [2.05, 4.69) is 55.2 Å². The van der Waals surface area contributed by atoms with Gasteiger partial charge in [0.05, 0.1) is 6.20 Å². The van der Waals surface area contributed by atoms with Crippen LogP contribution >= 0.6 is 11.8 Å². The number of piperidine rings is 1. The maximum Gasteiger partial charge on any atom is 0.206 e. The molecule has 1 aromatic carbocycles. The second-order valence-electron chi connectivity index (χ2n) is 8.93. The van der Waals surface area contributed by atoms with Crippen LogP contribution in [-0.4, -0.2) is 38.0 Å². The van der Waals surface area contributed by atoms with Crippen molar-refractivity contribution in [3.8, 4) is 6.07 Å². The van der Waals surface area contributed by atoms with Gasteiger partial charge in [-0.1, -0.05) is 36.0 Å². The zero-order valence-corrected chi connectivity index (χ0v) is 19.2. The van der Waals surface area contributed by atoms with Gasteiger partial charge in [0.1, 0.15) is 22.5 Å². The summed E-state index contributed by atoms with van der Waals surface area (Å²) in [6, 6.07) is 12.5. The Labute approximate surface area is 200 Å². The molecule has 10 heteroatoms. The number of hydrogen-bond donors (Lipinski definition) is 3. The molecule has 9 nitrogen and oxygen atoms in total. The van der Waals surface area contributed by atoms with Gasteiger partial charge < -0.3 is 21.4 Å². The average Bonchev–Trinajstić information content (AvgIpc) is 3.39. The molecule has 3 aromatic heterocycles. The molecule has 1 fully saturated rings.